The molecule has 110 valence electrons. The number of piperidine rings is 1. The van der Waals surface area contributed by atoms with Crippen LogP contribution in [0.3, 0.4) is 0 Å². The van der Waals surface area contributed by atoms with Crippen molar-refractivity contribution >= 4 is 6.03 Å². The Kier molecular flexibility index (Phi) is 5.45. The van der Waals surface area contributed by atoms with Gasteiger partial charge in [0.2, 0.25) is 0 Å². The van der Waals surface area contributed by atoms with Crippen LogP contribution in [0, 0.1) is 0 Å². The second kappa shape index (κ2) is 7.10. The van der Waals surface area contributed by atoms with Gasteiger partial charge >= 0.3 is 6.03 Å². The highest BCUT2D eigenvalue weighted by Gasteiger charge is 2.28. The largest absolute Gasteiger partial charge is 0.338 e. The summed E-state index contributed by atoms with van der Waals surface area (Å²) in [5.74, 6) is 0. The fourth-order valence-corrected chi connectivity index (χ4v) is 3.15. The maximum absolute atomic E-state index is 11.8. The van der Waals surface area contributed by atoms with Gasteiger partial charge in [-0.25, -0.2) is 4.79 Å². The quantitative estimate of drug-likeness (QED) is 0.823. The molecule has 2 heterocycles. The van der Waals surface area contributed by atoms with Crippen LogP contribution in [0.25, 0.3) is 0 Å². The molecule has 0 unspecified atom stereocenters. The lowest BCUT2D eigenvalue weighted by Gasteiger charge is -2.42. The number of hydrogen-bond donors (Lipinski definition) is 1. The number of urea groups is 1. The van der Waals surface area contributed by atoms with Crippen molar-refractivity contribution in [3.05, 3.63) is 0 Å². The maximum atomic E-state index is 11.8. The second-order valence-corrected chi connectivity index (χ2v) is 5.52. The number of nitrogens with zero attached hydrogens (tertiary/aromatic N) is 3. The van der Waals surface area contributed by atoms with Crippen LogP contribution < -0.4 is 5.32 Å². The van der Waals surface area contributed by atoms with Crippen molar-refractivity contribution in [2.75, 3.05) is 52.4 Å². The zero-order valence-corrected chi connectivity index (χ0v) is 12.4. The molecule has 2 fully saturated rings. The molecule has 19 heavy (non-hydrogen) atoms. The minimum atomic E-state index is 0.1000. The first-order chi connectivity index (χ1) is 9.24. The molecule has 0 radical (unpaired) electrons. The van der Waals surface area contributed by atoms with Gasteiger partial charge in [0.1, 0.15) is 0 Å². The van der Waals surface area contributed by atoms with Crippen LogP contribution >= 0.6 is 0 Å². The molecule has 0 aromatic carbocycles. The lowest BCUT2D eigenvalue weighted by atomic mass is 10.0. The summed E-state index contributed by atoms with van der Waals surface area (Å²) in [6, 6.07) is 0.835. The van der Waals surface area contributed by atoms with Crippen LogP contribution in [0.1, 0.15) is 26.7 Å². The molecule has 0 saturated carbocycles. The summed E-state index contributed by atoms with van der Waals surface area (Å²) in [4.78, 5) is 18.8. The average molecular weight is 268 g/mol. The summed E-state index contributed by atoms with van der Waals surface area (Å²) in [6.07, 6.45) is 2.57. The molecule has 2 aliphatic heterocycles. The fourth-order valence-electron chi connectivity index (χ4n) is 3.15. The number of carbonyl (C=O) groups excluding carboxylic acids is 1. The van der Waals surface area contributed by atoms with Gasteiger partial charge in [0.15, 0.2) is 0 Å². The lowest BCUT2D eigenvalue weighted by Crippen LogP contribution is -2.55. The van der Waals surface area contributed by atoms with Gasteiger partial charge in [0.25, 0.3) is 0 Å². The smallest absolute Gasteiger partial charge is 0.317 e. The number of rotatable bonds is 3. The molecule has 0 atom stereocenters. The van der Waals surface area contributed by atoms with E-state index in [0.29, 0.717) is 6.54 Å². The van der Waals surface area contributed by atoms with E-state index in [9.17, 15) is 4.79 Å². The van der Waals surface area contributed by atoms with Crippen molar-refractivity contribution in [1.29, 1.82) is 0 Å². The van der Waals surface area contributed by atoms with E-state index in [-0.39, 0.29) is 6.03 Å². The van der Waals surface area contributed by atoms with Crippen molar-refractivity contribution in [2.24, 2.45) is 0 Å². The molecule has 2 aliphatic rings. The molecule has 0 aromatic rings. The van der Waals surface area contributed by atoms with Crippen LogP contribution in [-0.2, 0) is 0 Å². The van der Waals surface area contributed by atoms with Gasteiger partial charge in [-0.05, 0) is 39.4 Å². The van der Waals surface area contributed by atoms with Crippen LogP contribution in [0.2, 0.25) is 0 Å². The van der Waals surface area contributed by atoms with Gasteiger partial charge in [-0.3, -0.25) is 4.90 Å². The van der Waals surface area contributed by atoms with E-state index in [1.54, 1.807) is 0 Å². The van der Waals surface area contributed by atoms with Crippen molar-refractivity contribution in [1.82, 2.24) is 20.0 Å². The van der Waals surface area contributed by atoms with Gasteiger partial charge in [-0.1, -0.05) is 6.92 Å². The molecule has 2 rings (SSSR count). The van der Waals surface area contributed by atoms with Crippen LogP contribution in [-0.4, -0.2) is 79.1 Å². The molecule has 2 amide bonds. The molecular weight excluding hydrogens is 240 g/mol. The standard InChI is InChI=1S/C14H28N4O/c1-3-15-14(19)18-11-9-17(10-12-18)13-5-7-16(4-2)8-6-13/h13H,3-12H2,1-2H3,(H,15,19). The van der Waals surface area contributed by atoms with Crippen LogP contribution in [0.4, 0.5) is 4.79 Å². The molecule has 2 saturated heterocycles. The first kappa shape index (κ1) is 14.6. The zero-order chi connectivity index (χ0) is 13.7. The van der Waals surface area contributed by atoms with Crippen LogP contribution in [0.15, 0.2) is 0 Å². The van der Waals surface area contributed by atoms with Crippen molar-refractivity contribution < 1.29 is 4.79 Å². The number of amides is 2. The Balaban J connectivity index is 1.73. The van der Waals surface area contributed by atoms with E-state index in [1.807, 2.05) is 11.8 Å². The van der Waals surface area contributed by atoms with Gasteiger partial charge < -0.3 is 15.1 Å². The van der Waals surface area contributed by atoms with E-state index in [2.05, 4.69) is 22.0 Å². The predicted octanol–water partition coefficient (Wildman–Crippen LogP) is 0.818. The van der Waals surface area contributed by atoms with Gasteiger partial charge in [0, 0.05) is 38.8 Å². The first-order valence-corrected chi connectivity index (χ1v) is 7.73. The molecule has 5 nitrogen and oxygen atoms in total. The molecule has 0 aliphatic carbocycles. The Morgan fingerprint density at radius 1 is 1.05 bits per heavy atom. The molecule has 0 aromatic heterocycles. The molecule has 1 N–H and O–H groups in total. The first-order valence-electron chi connectivity index (χ1n) is 7.73. The van der Waals surface area contributed by atoms with Crippen LogP contribution in [0.5, 0.6) is 0 Å². The Labute approximate surface area is 116 Å². The monoisotopic (exact) mass is 268 g/mol. The van der Waals surface area contributed by atoms with Gasteiger partial charge in [-0.2, -0.15) is 0 Å². The lowest BCUT2D eigenvalue weighted by molar-refractivity contribution is 0.0703. The predicted molar refractivity (Wildman–Crippen MR) is 77.4 cm³/mol. The number of likely N-dealkylation sites (tertiary alicyclic amines) is 1. The SMILES string of the molecule is CCNC(=O)N1CCN(C2CCN(CC)CC2)CC1. The minimum Gasteiger partial charge on any atom is -0.338 e. The van der Waals surface area contributed by atoms with Crippen molar-refractivity contribution in [3.63, 3.8) is 0 Å². The minimum absolute atomic E-state index is 0.1000. The highest BCUT2D eigenvalue weighted by atomic mass is 16.2. The third kappa shape index (κ3) is 3.83. The molecule has 0 spiro atoms. The Morgan fingerprint density at radius 3 is 2.21 bits per heavy atom. The van der Waals surface area contributed by atoms with E-state index < -0.39 is 0 Å². The molecule has 0 bridgehead atoms. The van der Waals surface area contributed by atoms with E-state index >= 15 is 0 Å². The van der Waals surface area contributed by atoms with E-state index in [1.165, 1.54) is 32.5 Å². The summed E-state index contributed by atoms with van der Waals surface area (Å²) in [5, 5.41) is 2.88. The summed E-state index contributed by atoms with van der Waals surface area (Å²) in [5.41, 5.74) is 0. The summed E-state index contributed by atoms with van der Waals surface area (Å²) < 4.78 is 0. The molecule has 5 heteroatoms. The Bertz CT molecular complexity index is 281. The topological polar surface area (TPSA) is 38.8 Å². The number of nitrogens with one attached hydrogen (secondary N) is 1. The number of hydrogen-bond acceptors (Lipinski definition) is 3. The number of piperazine rings is 1. The maximum Gasteiger partial charge on any atom is 0.317 e. The average Bonchev–Trinajstić information content (AvgIpc) is 2.48. The third-order valence-corrected chi connectivity index (χ3v) is 4.45. The van der Waals surface area contributed by atoms with Gasteiger partial charge in [0.05, 0.1) is 0 Å². The Hall–Kier alpha value is -0.810. The Morgan fingerprint density at radius 2 is 1.68 bits per heavy atom. The summed E-state index contributed by atoms with van der Waals surface area (Å²) in [6.45, 7) is 12.4. The van der Waals surface area contributed by atoms with E-state index in [0.717, 1.165) is 32.2 Å². The van der Waals surface area contributed by atoms with E-state index in [4.69, 9.17) is 0 Å². The highest BCUT2D eigenvalue weighted by Crippen LogP contribution is 2.18. The summed E-state index contributed by atoms with van der Waals surface area (Å²) in [7, 11) is 0. The highest BCUT2D eigenvalue weighted by molar-refractivity contribution is 5.74. The zero-order valence-electron chi connectivity index (χ0n) is 12.4. The normalized spacial score (nSPS) is 23.6. The van der Waals surface area contributed by atoms with Crippen molar-refractivity contribution in [3.8, 4) is 0 Å². The van der Waals surface area contributed by atoms with Gasteiger partial charge in [-0.15, -0.1) is 0 Å². The molecular formula is C14H28N4O. The third-order valence-electron chi connectivity index (χ3n) is 4.45. The summed E-state index contributed by atoms with van der Waals surface area (Å²) >= 11 is 0. The second-order valence-electron chi connectivity index (χ2n) is 5.52. The number of carbonyl (C=O) groups is 1. The fraction of sp³-hybridized carbons (Fsp3) is 0.929. The van der Waals surface area contributed by atoms with Crippen molar-refractivity contribution in [2.45, 2.75) is 32.7 Å².